The van der Waals surface area contributed by atoms with Gasteiger partial charge in [0, 0.05) is 24.1 Å². The van der Waals surface area contributed by atoms with Gasteiger partial charge in [0.15, 0.2) is 0 Å². The second-order valence-corrected chi connectivity index (χ2v) is 3.35. The van der Waals surface area contributed by atoms with Crippen LogP contribution in [0.5, 0.6) is 0 Å². The first-order valence-corrected chi connectivity index (χ1v) is 4.72. The van der Waals surface area contributed by atoms with Gasteiger partial charge < -0.3 is 4.57 Å². The fourth-order valence-corrected chi connectivity index (χ4v) is 1.17. The summed E-state index contributed by atoms with van der Waals surface area (Å²) in [7, 11) is 0. The van der Waals surface area contributed by atoms with Crippen LogP contribution in [-0.2, 0) is 6.54 Å². The zero-order valence-corrected chi connectivity index (χ0v) is 8.55. The topological polar surface area (TPSA) is 22.0 Å². The van der Waals surface area contributed by atoms with Crippen molar-refractivity contribution in [1.82, 2.24) is 4.57 Å². The molecule has 0 aromatic carbocycles. The summed E-state index contributed by atoms with van der Waals surface area (Å²) in [6, 6.07) is 3.67. The van der Waals surface area contributed by atoms with E-state index < -0.39 is 0 Å². The van der Waals surface area contributed by atoms with E-state index in [9.17, 15) is 4.79 Å². The third-order valence-electron chi connectivity index (χ3n) is 1.83. The first-order chi connectivity index (χ1) is 6.15. The number of nitrogens with zero attached hydrogens (tertiary/aromatic N) is 1. The third-order valence-corrected chi connectivity index (χ3v) is 2.28. The standard InChI is InChI=1S/C10H13NOS/c1-8(7-13)6-11-5-3-4-9(2)10(11)12/h3-5,13H,1,6-7H2,2H3. The average molecular weight is 195 g/mol. The van der Waals surface area contributed by atoms with Crippen molar-refractivity contribution in [3.63, 3.8) is 0 Å². The van der Waals surface area contributed by atoms with Crippen LogP contribution in [0.15, 0.2) is 35.3 Å². The molecule has 0 radical (unpaired) electrons. The monoisotopic (exact) mass is 195 g/mol. The SMILES string of the molecule is C=C(CS)Cn1cccc(C)c1=O. The van der Waals surface area contributed by atoms with Crippen molar-refractivity contribution in [2.45, 2.75) is 13.5 Å². The summed E-state index contributed by atoms with van der Waals surface area (Å²) in [5.74, 6) is 0.611. The van der Waals surface area contributed by atoms with E-state index in [-0.39, 0.29) is 5.56 Å². The average Bonchev–Trinajstić information content (AvgIpc) is 2.13. The van der Waals surface area contributed by atoms with Gasteiger partial charge in [-0.05, 0) is 18.6 Å². The zero-order chi connectivity index (χ0) is 9.84. The Labute approximate surface area is 83.3 Å². The van der Waals surface area contributed by atoms with Crippen LogP contribution in [0.3, 0.4) is 0 Å². The molecule has 1 aromatic heterocycles. The highest BCUT2D eigenvalue weighted by molar-refractivity contribution is 7.80. The van der Waals surface area contributed by atoms with E-state index in [0.29, 0.717) is 12.3 Å². The van der Waals surface area contributed by atoms with Crippen molar-refractivity contribution in [1.29, 1.82) is 0 Å². The molecule has 0 aliphatic carbocycles. The molecule has 0 unspecified atom stereocenters. The molecule has 0 aliphatic rings. The maximum absolute atomic E-state index is 11.5. The molecule has 1 aromatic rings. The minimum absolute atomic E-state index is 0.0467. The predicted octanol–water partition coefficient (Wildman–Crippen LogP) is 1.64. The molecular weight excluding hydrogens is 182 g/mol. The minimum atomic E-state index is 0.0467. The predicted molar refractivity (Wildman–Crippen MR) is 58.4 cm³/mol. The second-order valence-electron chi connectivity index (χ2n) is 3.03. The normalized spacial score (nSPS) is 10.0. The van der Waals surface area contributed by atoms with Crippen molar-refractivity contribution in [2.24, 2.45) is 0 Å². The Morgan fingerprint density at radius 2 is 2.38 bits per heavy atom. The molecule has 0 saturated carbocycles. The maximum atomic E-state index is 11.5. The van der Waals surface area contributed by atoms with E-state index in [0.717, 1.165) is 11.1 Å². The van der Waals surface area contributed by atoms with Crippen molar-refractivity contribution in [2.75, 3.05) is 5.75 Å². The van der Waals surface area contributed by atoms with E-state index in [1.54, 1.807) is 10.8 Å². The fraction of sp³-hybridized carbons (Fsp3) is 0.300. The molecule has 0 aliphatic heterocycles. The first-order valence-electron chi connectivity index (χ1n) is 4.08. The van der Waals surface area contributed by atoms with E-state index in [1.165, 1.54) is 0 Å². The molecule has 1 heterocycles. The smallest absolute Gasteiger partial charge is 0.253 e. The summed E-state index contributed by atoms with van der Waals surface area (Å²) in [5, 5.41) is 0. The molecular formula is C10H13NOS. The lowest BCUT2D eigenvalue weighted by Crippen LogP contribution is -2.22. The molecule has 70 valence electrons. The van der Waals surface area contributed by atoms with Crippen LogP contribution in [0.2, 0.25) is 0 Å². The van der Waals surface area contributed by atoms with Crippen molar-refractivity contribution in [3.05, 3.63) is 46.4 Å². The number of thiol groups is 1. The lowest BCUT2D eigenvalue weighted by atomic mass is 10.3. The number of rotatable bonds is 3. The third kappa shape index (κ3) is 2.49. The van der Waals surface area contributed by atoms with E-state index in [2.05, 4.69) is 19.2 Å². The number of hydrogen-bond acceptors (Lipinski definition) is 2. The lowest BCUT2D eigenvalue weighted by Gasteiger charge is -2.06. The van der Waals surface area contributed by atoms with E-state index in [1.807, 2.05) is 19.1 Å². The van der Waals surface area contributed by atoms with Crippen LogP contribution >= 0.6 is 12.6 Å². The molecule has 3 heteroatoms. The van der Waals surface area contributed by atoms with Gasteiger partial charge in [-0.15, -0.1) is 0 Å². The Morgan fingerprint density at radius 3 is 3.00 bits per heavy atom. The van der Waals surface area contributed by atoms with Gasteiger partial charge in [-0.25, -0.2) is 0 Å². The molecule has 0 spiro atoms. The van der Waals surface area contributed by atoms with Gasteiger partial charge in [-0.1, -0.05) is 12.6 Å². The van der Waals surface area contributed by atoms with E-state index in [4.69, 9.17) is 0 Å². The van der Waals surface area contributed by atoms with Crippen LogP contribution in [0.4, 0.5) is 0 Å². The van der Waals surface area contributed by atoms with Crippen molar-refractivity contribution >= 4 is 12.6 Å². The highest BCUT2D eigenvalue weighted by atomic mass is 32.1. The van der Waals surface area contributed by atoms with Gasteiger partial charge in [0.2, 0.25) is 0 Å². The Kier molecular flexibility index (Phi) is 3.37. The van der Waals surface area contributed by atoms with Crippen molar-refractivity contribution < 1.29 is 0 Å². The highest BCUT2D eigenvalue weighted by Gasteiger charge is 1.98. The fourth-order valence-electron chi connectivity index (χ4n) is 1.07. The molecule has 0 saturated heterocycles. The molecule has 0 N–H and O–H groups in total. The van der Waals surface area contributed by atoms with Gasteiger partial charge in [0.1, 0.15) is 0 Å². The largest absolute Gasteiger partial charge is 0.311 e. The Morgan fingerprint density at radius 1 is 1.69 bits per heavy atom. The molecule has 2 nitrogen and oxygen atoms in total. The van der Waals surface area contributed by atoms with Gasteiger partial charge in [0.25, 0.3) is 5.56 Å². The quantitative estimate of drug-likeness (QED) is 0.575. The summed E-state index contributed by atoms with van der Waals surface area (Å²) >= 11 is 4.09. The summed E-state index contributed by atoms with van der Waals surface area (Å²) in [6.07, 6.45) is 1.77. The number of hydrogen-bond donors (Lipinski definition) is 1. The van der Waals surface area contributed by atoms with Gasteiger partial charge in [-0.3, -0.25) is 4.79 Å². The summed E-state index contributed by atoms with van der Waals surface area (Å²) in [4.78, 5) is 11.5. The molecule has 13 heavy (non-hydrogen) atoms. The highest BCUT2D eigenvalue weighted by Crippen LogP contribution is 1.97. The van der Waals surface area contributed by atoms with Gasteiger partial charge in [-0.2, -0.15) is 12.6 Å². The number of pyridine rings is 1. The van der Waals surface area contributed by atoms with Crippen molar-refractivity contribution in [3.8, 4) is 0 Å². The van der Waals surface area contributed by atoms with Crippen LogP contribution in [0, 0.1) is 6.92 Å². The van der Waals surface area contributed by atoms with E-state index >= 15 is 0 Å². The molecule has 0 atom stereocenters. The number of aromatic nitrogens is 1. The lowest BCUT2D eigenvalue weighted by molar-refractivity contribution is 0.744. The number of aryl methyl sites for hydroxylation is 1. The molecule has 0 amide bonds. The Balaban J connectivity index is 2.96. The summed E-state index contributed by atoms with van der Waals surface area (Å²) < 4.78 is 1.65. The summed E-state index contributed by atoms with van der Waals surface area (Å²) in [5.41, 5.74) is 1.75. The molecule has 0 bridgehead atoms. The molecule has 1 rings (SSSR count). The molecule has 0 fully saturated rings. The second kappa shape index (κ2) is 4.33. The Bertz CT molecular complexity index is 367. The summed E-state index contributed by atoms with van der Waals surface area (Å²) in [6.45, 7) is 6.17. The first kappa shape index (κ1) is 10.1. The van der Waals surface area contributed by atoms with Crippen LogP contribution < -0.4 is 5.56 Å². The van der Waals surface area contributed by atoms with Gasteiger partial charge in [0.05, 0.1) is 0 Å². The van der Waals surface area contributed by atoms with Crippen LogP contribution in [0.1, 0.15) is 5.56 Å². The van der Waals surface area contributed by atoms with Crippen LogP contribution in [-0.4, -0.2) is 10.3 Å². The minimum Gasteiger partial charge on any atom is -0.311 e. The van der Waals surface area contributed by atoms with Crippen LogP contribution in [0.25, 0.3) is 0 Å². The zero-order valence-electron chi connectivity index (χ0n) is 7.66. The van der Waals surface area contributed by atoms with Gasteiger partial charge >= 0.3 is 0 Å². The maximum Gasteiger partial charge on any atom is 0.253 e. The Hall–Kier alpha value is -0.960.